The van der Waals surface area contributed by atoms with Crippen LogP contribution >= 0.6 is 31.9 Å². The number of alkyl halides is 2. The van der Waals surface area contributed by atoms with Crippen LogP contribution in [0.1, 0.15) is 51.4 Å². The summed E-state index contributed by atoms with van der Waals surface area (Å²) < 4.78 is 10.2. The van der Waals surface area contributed by atoms with Crippen molar-refractivity contribution >= 4 is 43.8 Å². The molecular weight excluding hydrogens is 428 g/mol. The zero-order valence-electron chi connectivity index (χ0n) is 13.5. The summed E-state index contributed by atoms with van der Waals surface area (Å²) >= 11 is 6.69. The first kappa shape index (κ1) is 22.4. The Kier molecular flexibility index (Phi) is 15.8. The zero-order valence-corrected chi connectivity index (χ0v) is 16.6. The Labute approximate surface area is 155 Å². The molecule has 4 nitrogen and oxygen atoms in total. The molecule has 0 aliphatic carbocycles. The van der Waals surface area contributed by atoms with E-state index >= 15 is 0 Å². The summed E-state index contributed by atoms with van der Waals surface area (Å²) in [5, 5.41) is 1.89. The van der Waals surface area contributed by atoms with Gasteiger partial charge in [-0.15, -0.1) is 0 Å². The SMILES string of the molecule is C=CC(C=COC(=O)CCCCCBr)OC(=O)CCCCCBr. The molecule has 0 bridgehead atoms. The van der Waals surface area contributed by atoms with Crippen molar-refractivity contribution in [2.24, 2.45) is 0 Å². The number of carbonyl (C=O) groups excluding carboxylic acids is 2. The quantitative estimate of drug-likeness (QED) is 0.121. The zero-order chi connectivity index (χ0) is 17.3. The van der Waals surface area contributed by atoms with Gasteiger partial charge in [0, 0.05) is 23.5 Å². The monoisotopic (exact) mass is 452 g/mol. The molecule has 6 heteroatoms. The minimum Gasteiger partial charge on any atom is -0.454 e. The van der Waals surface area contributed by atoms with Crippen LogP contribution in [0, 0.1) is 0 Å². The molecule has 0 fully saturated rings. The molecule has 0 aromatic heterocycles. The molecular formula is C17H26Br2O4. The van der Waals surface area contributed by atoms with Crippen LogP contribution < -0.4 is 0 Å². The maximum atomic E-state index is 11.6. The molecule has 0 rings (SSSR count). The van der Waals surface area contributed by atoms with Crippen LogP contribution in [0.2, 0.25) is 0 Å². The van der Waals surface area contributed by atoms with Gasteiger partial charge in [0.1, 0.15) is 6.10 Å². The van der Waals surface area contributed by atoms with Crippen molar-refractivity contribution in [1.82, 2.24) is 0 Å². The third-order valence-corrected chi connectivity index (χ3v) is 4.12. The van der Waals surface area contributed by atoms with E-state index < -0.39 is 6.10 Å². The van der Waals surface area contributed by atoms with Crippen LogP contribution in [0.25, 0.3) is 0 Å². The summed E-state index contributed by atoms with van der Waals surface area (Å²) in [5.74, 6) is -0.546. The van der Waals surface area contributed by atoms with Gasteiger partial charge in [0.2, 0.25) is 0 Å². The molecule has 0 aromatic carbocycles. The number of ether oxygens (including phenoxy) is 2. The van der Waals surface area contributed by atoms with Crippen LogP contribution in [-0.2, 0) is 19.1 Å². The number of esters is 2. The van der Waals surface area contributed by atoms with Crippen molar-refractivity contribution in [3.8, 4) is 0 Å². The molecule has 0 saturated heterocycles. The Morgan fingerprint density at radius 2 is 1.48 bits per heavy atom. The van der Waals surface area contributed by atoms with Crippen molar-refractivity contribution in [3.05, 3.63) is 25.0 Å². The van der Waals surface area contributed by atoms with Gasteiger partial charge >= 0.3 is 11.9 Å². The van der Waals surface area contributed by atoms with Crippen LogP contribution in [0.4, 0.5) is 0 Å². The fourth-order valence-electron chi connectivity index (χ4n) is 1.71. The number of hydrogen-bond donors (Lipinski definition) is 0. The number of halogens is 2. The number of rotatable bonds is 14. The molecule has 0 spiro atoms. The summed E-state index contributed by atoms with van der Waals surface area (Å²) in [7, 11) is 0. The average Bonchev–Trinajstić information content (AvgIpc) is 2.54. The first-order valence-corrected chi connectivity index (χ1v) is 10.2. The van der Waals surface area contributed by atoms with Crippen LogP contribution in [0.3, 0.4) is 0 Å². The Hall–Kier alpha value is -0.620. The topological polar surface area (TPSA) is 52.6 Å². The predicted molar refractivity (Wildman–Crippen MR) is 99.8 cm³/mol. The maximum Gasteiger partial charge on any atom is 0.310 e. The van der Waals surface area contributed by atoms with Gasteiger partial charge in [0.05, 0.1) is 6.26 Å². The smallest absolute Gasteiger partial charge is 0.310 e. The van der Waals surface area contributed by atoms with E-state index in [9.17, 15) is 9.59 Å². The lowest BCUT2D eigenvalue weighted by atomic mass is 10.2. The minimum absolute atomic E-state index is 0.268. The standard InChI is InChI=1S/C17H26Br2O4/c1-2-15(23-17(21)10-6-4-8-13-19)11-14-22-16(20)9-5-3-7-12-18/h2,11,14-15H,1,3-10,12-13H2. The molecule has 0 N–H and O–H groups in total. The first-order chi connectivity index (χ1) is 11.1. The average molecular weight is 454 g/mol. The Morgan fingerprint density at radius 1 is 0.913 bits per heavy atom. The van der Waals surface area contributed by atoms with E-state index in [2.05, 4.69) is 38.4 Å². The van der Waals surface area contributed by atoms with Crippen molar-refractivity contribution in [1.29, 1.82) is 0 Å². The highest BCUT2D eigenvalue weighted by atomic mass is 79.9. The lowest BCUT2D eigenvalue weighted by Gasteiger charge is -2.09. The molecule has 0 amide bonds. The van der Waals surface area contributed by atoms with E-state index in [4.69, 9.17) is 9.47 Å². The van der Waals surface area contributed by atoms with E-state index in [1.165, 1.54) is 18.4 Å². The second-order valence-corrected chi connectivity index (χ2v) is 6.59. The molecule has 0 aliphatic heterocycles. The summed E-state index contributed by atoms with van der Waals surface area (Å²) in [6, 6.07) is 0. The van der Waals surface area contributed by atoms with Crippen molar-refractivity contribution in [2.45, 2.75) is 57.5 Å². The number of carbonyl (C=O) groups is 2. The molecule has 0 aromatic rings. The van der Waals surface area contributed by atoms with Gasteiger partial charge in [-0.05, 0) is 37.8 Å². The van der Waals surface area contributed by atoms with Gasteiger partial charge in [-0.25, -0.2) is 0 Å². The molecule has 0 heterocycles. The lowest BCUT2D eigenvalue weighted by molar-refractivity contribution is -0.145. The largest absolute Gasteiger partial charge is 0.454 e. The summed E-state index contributed by atoms with van der Waals surface area (Å²) in [4.78, 5) is 23.1. The van der Waals surface area contributed by atoms with Gasteiger partial charge in [0.25, 0.3) is 0 Å². The second-order valence-electron chi connectivity index (χ2n) is 5.01. The highest BCUT2D eigenvalue weighted by Crippen LogP contribution is 2.07. The number of unbranched alkanes of at least 4 members (excludes halogenated alkanes) is 4. The molecule has 1 atom stereocenters. The normalized spacial score (nSPS) is 12.1. The van der Waals surface area contributed by atoms with Gasteiger partial charge < -0.3 is 9.47 Å². The Bertz CT molecular complexity index is 370. The minimum atomic E-state index is -0.570. The third kappa shape index (κ3) is 14.7. The Morgan fingerprint density at radius 3 is 2.00 bits per heavy atom. The predicted octanol–water partition coefficient (Wildman–Crippen LogP) is 5.05. The molecule has 0 saturated carbocycles. The summed E-state index contributed by atoms with van der Waals surface area (Å²) in [6.07, 6.45) is 10.2. The number of hydrogen-bond acceptors (Lipinski definition) is 4. The van der Waals surface area contributed by atoms with Crippen molar-refractivity contribution in [2.75, 3.05) is 10.7 Å². The van der Waals surface area contributed by atoms with Crippen molar-refractivity contribution < 1.29 is 19.1 Å². The van der Waals surface area contributed by atoms with E-state index in [-0.39, 0.29) is 11.9 Å². The van der Waals surface area contributed by atoms with Gasteiger partial charge in [-0.2, -0.15) is 0 Å². The molecule has 132 valence electrons. The highest BCUT2D eigenvalue weighted by Gasteiger charge is 2.08. The van der Waals surface area contributed by atoms with Crippen LogP contribution in [-0.4, -0.2) is 28.7 Å². The molecule has 23 heavy (non-hydrogen) atoms. The highest BCUT2D eigenvalue weighted by molar-refractivity contribution is 9.09. The summed E-state index contributed by atoms with van der Waals surface area (Å²) in [6.45, 7) is 3.61. The van der Waals surface area contributed by atoms with Crippen molar-refractivity contribution in [3.63, 3.8) is 0 Å². The molecule has 0 aliphatic rings. The van der Waals surface area contributed by atoms with Crippen LogP contribution in [0.15, 0.2) is 25.0 Å². The van der Waals surface area contributed by atoms with Gasteiger partial charge in [-0.3, -0.25) is 9.59 Å². The fourth-order valence-corrected chi connectivity index (χ4v) is 2.50. The van der Waals surface area contributed by atoms with E-state index in [0.29, 0.717) is 12.8 Å². The van der Waals surface area contributed by atoms with E-state index in [1.54, 1.807) is 0 Å². The van der Waals surface area contributed by atoms with Gasteiger partial charge in [0.15, 0.2) is 0 Å². The second kappa shape index (κ2) is 16.2. The van der Waals surface area contributed by atoms with Crippen LogP contribution in [0.5, 0.6) is 0 Å². The maximum absolute atomic E-state index is 11.6. The summed E-state index contributed by atoms with van der Waals surface area (Å²) in [5.41, 5.74) is 0. The molecule has 1 unspecified atom stereocenters. The first-order valence-electron chi connectivity index (χ1n) is 7.94. The Balaban J connectivity index is 3.91. The van der Waals surface area contributed by atoms with Gasteiger partial charge in [-0.1, -0.05) is 51.3 Å². The lowest BCUT2D eigenvalue weighted by Crippen LogP contribution is -2.13. The fraction of sp³-hybridized carbons (Fsp3) is 0.647. The van der Waals surface area contributed by atoms with E-state index in [1.807, 2.05) is 0 Å². The molecule has 0 radical (unpaired) electrons. The van der Waals surface area contributed by atoms with E-state index in [0.717, 1.165) is 49.2 Å². The third-order valence-electron chi connectivity index (χ3n) is 3.00.